The monoisotopic (exact) mass is 221 g/mol. The maximum absolute atomic E-state index is 4.03. The Kier molecular flexibility index (Phi) is 8.93. The molecule has 1 nitrogen and oxygen atoms in total. The summed E-state index contributed by atoms with van der Waals surface area (Å²) in [6.07, 6.45) is 8.46. The SMILES string of the molecule is C=C/C=C\C(=C)CN1CCC(C)CC1.CC. The van der Waals surface area contributed by atoms with E-state index in [1.807, 2.05) is 26.0 Å². The standard InChI is InChI=1S/C13H21N.C2H6/c1-4-5-6-13(3)11-14-9-7-12(2)8-10-14;1-2/h4-6,12H,1,3,7-11H2,2H3;1-2H3/b6-5-;. The zero-order valence-corrected chi connectivity index (χ0v) is 11.2. The normalized spacial score (nSPS) is 17.9. The highest BCUT2D eigenvalue weighted by Crippen LogP contribution is 2.16. The molecule has 1 aliphatic heterocycles. The Labute approximate surface area is 102 Å². The molecule has 0 bridgehead atoms. The van der Waals surface area contributed by atoms with Crippen LogP contribution in [0.25, 0.3) is 0 Å². The Morgan fingerprint density at radius 3 is 2.38 bits per heavy atom. The molecule has 1 rings (SSSR count). The van der Waals surface area contributed by atoms with Crippen molar-refractivity contribution in [1.29, 1.82) is 0 Å². The van der Waals surface area contributed by atoms with E-state index in [1.54, 1.807) is 6.08 Å². The lowest BCUT2D eigenvalue weighted by Crippen LogP contribution is -2.33. The summed E-state index contributed by atoms with van der Waals surface area (Å²) in [7, 11) is 0. The third-order valence-electron chi connectivity index (χ3n) is 2.77. The Morgan fingerprint density at radius 1 is 1.31 bits per heavy atom. The molecular formula is C15H27N. The van der Waals surface area contributed by atoms with Gasteiger partial charge in [-0.25, -0.2) is 0 Å². The second-order valence-corrected chi connectivity index (χ2v) is 4.21. The van der Waals surface area contributed by atoms with Crippen molar-refractivity contribution in [3.8, 4) is 0 Å². The molecule has 0 amide bonds. The molecule has 0 unspecified atom stereocenters. The lowest BCUT2D eigenvalue weighted by atomic mass is 9.99. The molecule has 0 spiro atoms. The van der Waals surface area contributed by atoms with Crippen LogP contribution >= 0.6 is 0 Å². The first-order valence-corrected chi connectivity index (χ1v) is 6.41. The van der Waals surface area contributed by atoms with Gasteiger partial charge in [0.05, 0.1) is 0 Å². The smallest absolute Gasteiger partial charge is 0.0227 e. The first-order valence-electron chi connectivity index (χ1n) is 6.41. The minimum absolute atomic E-state index is 0.906. The van der Waals surface area contributed by atoms with Crippen LogP contribution in [0.3, 0.4) is 0 Å². The van der Waals surface area contributed by atoms with Crippen LogP contribution in [0.1, 0.15) is 33.6 Å². The van der Waals surface area contributed by atoms with Gasteiger partial charge in [0.1, 0.15) is 0 Å². The van der Waals surface area contributed by atoms with Crippen LogP contribution in [0.5, 0.6) is 0 Å². The average Bonchev–Trinajstić information content (AvgIpc) is 2.32. The molecule has 0 N–H and O–H groups in total. The quantitative estimate of drug-likeness (QED) is 0.648. The van der Waals surface area contributed by atoms with Crippen molar-refractivity contribution in [2.24, 2.45) is 5.92 Å². The van der Waals surface area contributed by atoms with Gasteiger partial charge < -0.3 is 0 Å². The van der Waals surface area contributed by atoms with Crippen LogP contribution in [0.2, 0.25) is 0 Å². The molecule has 92 valence electrons. The molecule has 0 aromatic heterocycles. The number of allylic oxidation sites excluding steroid dienone is 2. The van der Waals surface area contributed by atoms with Crippen LogP contribution in [-0.4, -0.2) is 24.5 Å². The van der Waals surface area contributed by atoms with Crippen LogP contribution < -0.4 is 0 Å². The van der Waals surface area contributed by atoms with Crippen molar-refractivity contribution in [1.82, 2.24) is 4.90 Å². The predicted molar refractivity (Wildman–Crippen MR) is 74.7 cm³/mol. The zero-order valence-electron chi connectivity index (χ0n) is 11.2. The van der Waals surface area contributed by atoms with Crippen molar-refractivity contribution in [3.05, 3.63) is 37.0 Å². The van der Waals surface area contributed by atoms with E-state index in [0.29, 0.717) is 0 Å². The molecule has 0 atom stereocenters. The molecule has 0 saturated carbocycles. The van der Waals surface area contributed by atoms with Crippen LogP contribution in [0.15, 0.2) is 37.0 Å². The molecule has 1 aliphatic rings. The number of likely N-dealkylation sites (tertiary alicyclic amines) is 1. The molecule has 1 fully saturated rings. The minimum atomic E-state index is 0.906. The summed E-state index contributed by atoms with van der Waals surface area (Å²) in [6, 6.07) is 0. The number of piperidine rings is 1. The van der Waals surface area contributed by atoms with Gasteiger partial charge in [0.15, 0.2) is 0 Å². The van der Waals surface area contributed by atoms with Gasteiger partial charge >= 0.3 is 0 Å². The summed E-state index contributed by atoms with van der Waals surface area (Å²) in [4.78, 5) is 2.48. The summed E-state index contributed by atoms with van der Waals surface area (Å²) in [6.45, 7) is 17.5. The van der Waals surface area contributed by atoms with E-state index in [-0.39, 0.29) is 0 Å². The van der Waals surface area contributed by atoms with Gasteiger partial charge in [-0.3, -0.25) is 4.90 Å². The van der Waals surface area contributed by atoms with E-state index in [1.165, 1.54) is 31.5 Å². The molecule has 0 aliphatic carbocycles. The van der Waals surface area contributed by atoms with Gasteiger partial charge in [0.25, 0.3) is 0 Å². The van der Waals surface area contributed by atoms with Crippen LogP contribution in [-0.2, 0) is 0 Å². The number of hydrogen-bond donors (Lipinski definition) is 0. The fourth-order valence-corrected chi connectivity index (χ4v) is 1.76. The molecule has 1 heterocycles. The second-order valence-electron chi connectivity index (χ2n) is 4.21. The molecular weight excluding hydrogens is 194 g/mol. The largest absolute Gasteiger partial charge is 0.299 e. The molecule has 0 aromatic carbocycles. The van der Waals surface area contributed by atoms with Crippen molar-refractivity contribution in [3.63, 3.8) is 0 Å². The summed E-state index contributed by atoms with van der Waals surface area (Å²) in [5.41, 5.74) is 1.18. The Hall–Kier alpha value is -0.820. The molecule has 0 radical (unpaired) electrons. The Balaban J connectivity index is 0.00000106. The lowest BCUT2D eigenvalue weighted by molar-refractivity contribution is 0.207. The zero-order chi connectivity index (χ0) is 12.4. The molecule has 16 heavy (non-hydrogen) atoms. The van der Waals surface area contributed by atoms with Gasteiger partial charge in [-0.05, 0) is 37.4 Å². The lowest BCUT2D eigenvalue weighted by Gasteiger charge is -2.30. The van der Waals surface area contributed by atoms with E-state index < -0.39 is 0 Å². The Morgan fingerprint density at radius 2 is 1.88 bits per heavy atom. The predicted octanol–water partition coefficient (Wildman–Crippen LogP) is 4.04. The third kappa shape index (κ3) is 6.62. The van der Waals surface area contributed by atoms with E-state index >= 15 is 0 Å². The van der Waals surface area contributed by atoms with Crippen molar-refractivity contribution >= 4 is 0 Å². The van der Waals surface area contributed by atoms with Crippen molar-refractivity contribution < 1.29 is 0 Å². The number of hydrogen-bond acceptors (Lipinski definition) is 1. The van der Waals surface area contributed by atoms with Gasteiger partial charge in [0.2, 0.25) is 0 Å². The molecule has 0 aromatic rings. The topological polar surface area (TPSA) is 3.24 Å². The van der Waals surface area contributed by atoms with Gasteiger partial charge in [-0.2, -0.15) is 0 Å². The van der Waals surface area contributed by atoms with Gasteiger partial charge in [0, 0.05) is 6.54 Å². The minimum Gasteiger partial charge on any atom is -0.299 e. The number of rotatable bonds is 4. The van der Waals surface area contributed by atoms with E-state index in [0.717, 1.165) is 12.5 Å². The van der Waals surface area contributed by atoms with E-state index in [9.17, 15) is 0 Å². The molecule has 1 heteroatoms. The van der Waals surface area contributed by atoms with Gasteiger partial charge in [-0.1, -0.05) is 52.2 Å². The highest BCUT2D eigenvalue weighted by Gasteiger charge is 2.14. The fourth-order valence-electron chi connectivity index (χ4n) is 1.76. The first kappa shape index (κ1) is 15.2. The molecule has 1 saturated heterocycles. The van der Waals surface area contributed by atoms with Crippen LogP contribution in [0, 0.1) is 5.92 Å². The van der Waals surface area contributed by atoms with E-state index in [2.05, 4.69) is 25.0 Å². The van der Waals surface area contributed by atoms with Crippen molar-refractivity contribution in [2.75, 3.05) is 19.6 Å². The first-order chi connectivity index (χ1) is 7.72. The Bertz CT molecular complexity index is 220. The second kappa shape index (κ2) is 9.41. The summed E-state index contributed by atoms with van der Waals surface area (Å²) in [5.74, 6) is 0.906. The number of nitrogens with zero attached hydrogens (tertiary/aromatic N) is 1. The van der Waals surface area contributed by atoms with Crippen molar-refractivity contribution in [2.45, 2.75) is 33.6 Å². The van der Waals surface area contributed by atoms with E-state index in [4.69, 9.17) is 0 Å². The summed E-state index contributed by atoms with van der Waals surface area (Å²) < 4.78 is 0. The fraction of sp³-hybridized carbons (Fsp3) is 0.600. The highest BCUT2D eigenvalue weighted by atomic mass is 15.1. The highest BCUT2D eigenvalue weighted by molar-refractivity contribution is 5.19. The maximum atomic E-state index is 4.03. The average molecular weight is 221 g/mol. The maximum Gasteiger partial charge on any atom is 0.0227 e. The summed E-state index contributed by atoms with van der Waals surface area (Å²) >= 11 is 0. The van der Waals surface area contributed by atoms with Crippen LogP contribution in [0.4, 0.5) is 0 Å². The van der Waals surface area contributed by atoms with Gasteiger partial charge in [-0.15, -0.1) is 0 Å². The third-order valence-corrected chi connectivity index (χ3v) is 2.77. The summed E-state index contributed by atoms with van der Waals surface area (Å²) in [5, 5.41) is 0.